The molecule has 0 aliphatic carbocycles. The van der Waals surface area contributed by atoms with Crippen LogP contribution in [0, 0.1) is 0 Å². The Bertz CT molecular complexity index is 364. The van der Waals surface area contributed by atoms with Crippen LogP contribution < -0.4 is 4.90 Å². The molecule has 1 fully saturated rings. The van der Waals surface area contributed by atoms with Crippen molar-refractivity contribution in [2.24, 2.45) is 0 Å². The number of hydrogen-bond donors (Lipinski definition) is 1. The molecule has 1 aromatic carbocycles. The van der Waals surface area contributed by atoms with Crippen molar-refractivity contribution in [2.45, 2.75) is 19.1 Å². The van der Waals surface area contributed by atoms with Crippen molar-refractivity contribution in [1.82, 2.24) is 0 Å². The molecular formula is C12H16BrNO2. The van der Waals surface area contributed by atoms with Crippen molar-refractivity contribution < 1.29 is 9.84 Å². The average molecular weight is 286 g/mol. The highest BCUT2D eigenvalue weighted by Gasteiger charge is 2.21. The van der Waals surface area contributed by atoms with Gasteiger partial charge in [-0.05, 0) is 40.0 Å². The van der Waals surface area contributed by atoms with Crippen molar-refractivity contribution in [3.63, 3.8) is 0 Å². The van der Waals surface area contributed by atoms with Crippen molar-refractivity contribution in [3.8, 4) is 0 Å². The average Bonchev–Trinajstić information content (AvgIpc) is 2.81. The zero-order valence-corrected chi connectivity index (χ0v) is 10.9. The van der Waals surface area contributed by atoms with E-state index in [-0.39, 0.29) is 6.61 Å². The first-order valence-corrected chi connectivity index (χ1v) is 6.21. The van der Waals surface area contributed by atoms with E-state index in [4.69, 9.17) is 9.84 Å². The Hall–Kier alpha value is -0.580. The normalized spacial score (nSPS) is 20.1. The van der Waals surface area contributed by atoms with Gasteiger partial charge in [-0.3, -0.25) is 0 Å². The molecule has 0 amide bonds. The highest BCUT2D eigenvalue weighted by molar-refractivity contribution is 9.10. The highest BCUT2D eigenvalue weighted by Crippen LogP contribution is 2.29. The van der Waals surface area contributed by atoms with Gasteiger partial charge in [-0.1, -0.05) is 6.07 Å². The molecule has 16 heavy (non-hydrogen) atoms. The SMILES string of the molecule is CN(c1ccc(CO)cc1Br)C1CCOC1. The Balaban J connectivity index is 2.19. The van der Waals surface area contributed by atoms with Crippen LogP contribution in [0.5, 0.6) is 0 Å². The lowest BCUT2D eigenvalue weighted by Crippen LogP contribution is -2.31. The lowest BCUT2D eigenvalue weighted by molar-refractivity contribution is 0.193. The van der Waals surface area contributed by atoms with E-state index in [1.165, 1.54) is 0 Å². The number of likely N-dealkylation sites (N-methyl/N-ethyl adjacent to an activating group) is 1. The summed E-state index contributed by atoms with van der Waals surface area (Å²) in [5.74, 6) is 0. The number of anilines is 1. The third-order valence-electron chi connectivity index (χ3n) is 3.03. The molecule has 1 N–H and O–H groups in total. The number of hydrogen-bond acceptors (Lipinski definition) is 3. The Labute approximate surface area is 104 Å². The molecular weight excluding hydrogens is 270 g/mol. The van der Waals surface area contributed by atoms with Gasteiger partial charge in [0.1, 0.15) is 0 Å². The van der Waals surface area contributed by atoms with Gasteiger partial charge in [-0.25, -0.2) is 0 Å². The zero-order valence-electron chi connectivity index (χ0n) is 9.32. The predicted octanol–water partition coefficient (Wildman–Crippen LogP) is 2.17. The summed E-state index contributed by atoms with van der Waals surface area (Å²) in [5.41, 5.74) is 2.07. The van der Waals surface area contributed by atoms with E-state index in [0.29, 0.717) is 6.04 Å². The van der Waals surface area contributed by atoms with Gasteiger partial charge in [0.15, 0.2) is 0 Å². The summed E-state index contributed by atoms with van der Waals surface area (Å²) >= 11 is 3.54. The quantitative estimate of drug-likeness (QED) is 0.924. The van der Waals surface area contributed by atoms with Gasteiger partial charge in [0, 0.05) is 18.1 Å². The van der Waals surface area contributed by atoms with Crippen LogP contribution in [0.25, 0.3) is 0 Å². The number of ether oxygens (including phenoxy) is 1. The Morgan fingerprint density at radius 2 is 2.38 bits per heavy atom. The second-order valence-electron chi connectivity index (χ2n) is 4.07. The molecule has 0 saturated carbocycles. The molecule has 88 valence electrons. The van der Waals surface area contributed by atoms with Gasteiger partial charge < -0.3 is 14.7 Å². The summed E-state index contributed by atoms with van der Waals surface area (Å²) < 4.78 is 6.41. The maximum absolute atomic E-state index is 9.05. The molecule has 0 radical (unpaired) electrons. The second kappa shape index (κ2) is 5.17. The molecule has 4 heteroatoms. The molecule has 1 aromatic rings. The lowest BCUT2D eigenvalue weighted by Gasteiger charge is -2.26. The largest absolute Gasteiger partial charge is 0.392 e. The van der Waals surface area contributed by atoms with E-state index in [9.17, 15) is 0 Å². The summed E-state index contributed by atoms with van der Waals surface area (Å²) in [6.45, 7) is 1.72. The molecule has 2 rings (SSSR count). The van der Waals surface area contributed by atoms with Gasteiger partial charge in [-0.2, -0.15) is 0 Å². The maximum Gasteiger partial charge on any atom is 0.0682 e. The molecule has 1 saturated heterocycles. The topological polar surface area (TPSA) is 32.7 Å². The molecule has 0 bridgehead atoms. The number of halogens is 1. The Morgan fingerprint density at radius 1 is 1.56 bits per heavy atom. The van der Waals surface area contributed by atoms with Crippen LogP contribution >= 0.6 is 15.9 Å². The second-order valence-corrected chi connectivity index (χ2v) is 4.93. The van der Waals surface area contributed by atoms with Gasteiger partial charge in [-0.15, -0.1) is 0 Å². The molecule has 0 spiro atoms. The number of rotatable bonds is 3. The minimum Gasteiger partial charge on any atom is -0.392 e. The number of nitrogens with zero attached hydrogens (tertiary/aromatic N) is 1. The minimum atomic E-state index is 0.0785. The van der Waals surface area contributed by atoms with Crippen LogP contribution in [0.1, 0.15) is 12.0 Å². The fourth-order valence-corrected chi connectivity index (χ4v) is 2.66. The predicted molar refractivity (Wildman–Crippen MR) is 67.7 cm³/mol. The van der Waals surface area contributed by atoms with E-state index >= 15 is 0 Å². The fourth-order valence-electron chi connectivity index (χ4n) is 1.96. The number of aliphatic hydroxyl groups excluding tert-OH is 1. The van der Waals surface area contributed by atoms with Crippen LogP contribution in [-0.2, 0) is 11.3 Å². The third kappa shape index (κ3) is 2.39. The summed E-state index contributed by atoms with van der Waals surface area (Å²) in [6.07, 6.45) is 1.07. The van der Waals surface area contributed by atoms with Crippen molar-refractivity contribution in [1.29, 1.82) is 0 Å². The van der Waals surface area contributed by atoms with Gasteiger partial charge in [0.25, 0.3) is 0 Å². The van der Waals surface area contributed by atoms with E-state index in [1.54, 1.807) is 0 Å². The highest BCUT2D eigenvalue weighted by atomic mass is 79.9. The summed E-state index contributed by atoms with van der Waals surface area (Å²) in [6, 6.07) is 6.40. The van der Waals surface area contributed by atoms with Crippen LogP contribution in [0.15, 0.2) is 22.7 Å². The van der Waals surface area contributed by atoms with Crippen LogP contribution in [0.4, 0.5) is 5.69 Å². The van der Waals surface area contributed by atoms with Gasteiger partial charge >= 0.3 is 0 Å². The van der Waals surface area contributed by atoms with Crippen LogP contribution in [-0.4, -0.2) is 31.4 Å². The number of benzene rings is 1. The minimum absolute atomic E-state index is 0.0785. The lowest BCUT2D eigenvalue weighted by atomic mass is 10.1. The summed E-state index contributed by atoms with van der Waals surface area (Å²) in [4.78, 5) is 2.23. The molecule has 1 atom stereocenters. The summed E-state index contributed by atoms with van der Waals surface area (Å²) in [5, 5.41) is 9.05. The van der Waals surface area contributed by atoms with Gasteiger partial charge in [0.2, 0.25) is 0 Å². The molecule has 1 aliphatic heterocycles. The molecule has 1 heterocycles. The summed E-state index contributed by atoms with van der Waals surface area (Å²) in [7, 11) is 2.08. The maximum atomic E-state index is 9.05. The number of aliphatic hydroxyl groups is 1. The van der Waals surface area contributed by atoms with E-state index in [1.807, 2.05) is 18.2 Å². The first-order chi connectivity index (χ1) is 7.72. The molecule has 1 unspecified atom stereocenters. The first-order valence-electron chi connectivity index (χ1n) is 5.42. The van der Waals surface area contributed by atoms with Crippen LogP contribution in [0.3, 0.4) is 0 Å². The zero-order chi connectivity index (χ0) is 11.5. The fraction of sp³-hybridized carbons (Fsp3) is 0.500. The molecule has 1 aliphatic rings. The van der Waals surface area contributed by atoms with Crippen molar-refractivity contribution >= 4 is 21.6 Å². The van der Waals surface area contributed by atoms with E-state index in [0.717, 1.165) is 35.4 Å². The van der Waals surface area contributed by atoms with Crippen molar-refractivity contribution in [3.05, 3.63) is 28.2 Å². The molecule has 0 aromatic heterocycles. The van der Waals surface area contributed by atoms with Crippen LogP contribution in [0.2, 0.25) is 0 Å². The molecule has 3 nitrogen and oxygen atoms in total. The monoisotopic (exact) mass is 285 g/mol. The smallest absolute Gasteiger partial charge is 0.0682 e. The Kier molecular flexibility index (Phi) is 3.84. The third-order valence-corrected chi connectivity index (χ3v) is 3.66. The Morgan fingerprint density at radius 3 is 2.94 bits per heavy atom. The van der Waals surface area contributed by atoms with Gasteiger partial charge in [0.05, 0.1) is 24.9 Å². The standard InChI is InChI=1S/C12H16BrNO2/c1-14(10-4-5-16-8-10)12-3-2-9(7-15)6-11(12)13/h2-3,6,10,15H,4-5,7-8H2,1H3. The first kappa shape index (κ1) is 11.9. The van der Waals surface area contributed by atoms with E-state index < -0.39 is 0 Å². The van der Waals surface area contributed by atoms with Crippen molar-refractivity contribution in [2.75, 3.05) is 25.2 Å². The van der Waals surface area contributed by atoms with E-state index in [2.05, 4.69) is 27.9 Å².